The van der Waals surface area contributed by atoms with Crippen LogP contribution < -0.4 is 0 Å². The van der Waals surface area contributed by atoms with Gasteiger partial charge in [0.1, 0.15) is 11.2 Å². The highest BCUT2D eigenvalue weighted by Crippen LogP contribution is 2.69. The van der Waals surface area contributed by atoms with Gasteiger partial charge in [0.15, 0.2) is 0 Å². The Morgan fingerprint density at radius 2 is 0.330 bits per heavy atom. The summed E-state index contributed by atoms with van der Waals surface area (Å²) in [5.41, 5.74) is 4.55. The monoisotopic (exact) mass is 1400 g/mol. The quantitative estimate of drug-likeness (QED) is 0.0491. The lowest BCUT2D eigenvalue weighted by molar-refractivity contribution is -0.168. The van der Waals surface area contributed by atoms with Crippen molar-refractivity contribution in [1.29, 1.82) is 0 Å². The molecule has 0 spiro atoms. The number of benzene rings is 12. The van der Waals surface area contributed by atoms with E-state index in [1.54, 1.807) is 0 Å². The third-order valence-corrected chi connectivity index (χ3v) is 21.3. The third-order valence-electron chi connectivity index (χ3n) is 21.3. The van der Waals surface area contributed by atoms with Crippen molar-refractivity contribution in [2.24, 2.45) is 33.5 Å². The minimum Gasteiger partial charge on any atom is -0.350 e. The van der Waals surface area contributed by atoms with Gasteiger partial charge in [-0.3, -0.25) is 0 Å². The van der Waals surface area contributed by atoms with Gasteiger partial charge in [0.25, 0.3) is 0 Å². The SMILES string of the molecule is C(=CC1C=CC(C=Cc2ccccc2)(OC2(C=Cc3ccccc3)C=CC(C=Cc3ccccc3)C(C=Cc3ccccc3)(C=Cc3ccccc3)C2(C=Cc2ccccc2)C=Cc2ccccc2)C(C=Cc2ccccc2)(C=Cc2ccccc2)C1(C=Cc1ccccc1)C=Cc1ccccc1)c1ccccc1. The summed E-state index contributed by atoms with van der Waals surface area (Å²) in [7, 11) is 0. The maximum Gasteiger partial charge on any atom is 0.120 e. The molecule has 0 fully saturated rings. The van der Waals surface area contributed by atoms with Crippen molar-refractivity contribution >= 4 is 72.9 Å². The van der Waals surface area contributed by atoms with E-state index in [0.717, 1.165) is 66.8 Å². The van der Waals surface area contributed by atoms with Crippen LogP contribution in [0, 0.1) is 33.5 Å². The number of allylic oxidation sites excluding steroid dienone is 8. The smallest absolute Gasteiger partial charge is 0.120 e. The topological polar surface area (TPSA) is 9.23 Å². The molecular formula is C108H90O. The van der Waals surface area contributed by atoms with Crippen LogP contribution in [-0.4, -0.2) is 11.2 Å². The molecule has 14 rings (SSSR count). The van der Waals surface area contributed by atoms with Crippen molar-refractivity contribution in [1.82, 2.24) is 0 Å². The zero-order valence-corrected chi connectivity index (χ0v) is 61.4. The van der Waals surface area contributed by atoms with Crippen LogP contribution in [0.1, 0.15) is 66.8 Å². The fourth-order valence-corrected chi connectivity index (χ4v) is 15.5. The highest BCUT2D eigenvalue weighted by molar-refractivity contribution is 5.72. The van der Waals surface area contributed by atoms with Crippen LogP contribution in [0.2, 0.25) is 0 Å². The van der Waals surface area contributed by atoms with Gasteiger partial charge in [-0.15, -0.1) is 0 Å². The molecule has 528 valence electrons. The van der Waals surface area contributed by atoms with Gasteiger partial charge in [0.2, 0.25) is 0 Å². The highest BCUT2D eigenvalue weighted by atomic mass is 16.5. The predicted octanol–water partition coefficient (Wildman–Crippen LogP) is 27.4. The van der Waals surface area contributed by atoms with Gasteiger partial charge in [-0.05, 0) is 78.9 Å². The van der Waals surface area contributed by atoms with E-state index in [9.17, 15) is 4.74 Å². The molecule has 0 aliphatic heterocycles. The lowest BCUT2D eigenvalue weighted by atomic mass is 9.45. The van der Waals surface area contributed by atoms with Crippen molar-refractivity contribution in [3.63, 3.8) is 0 Å². The fourth-order valence-electron chi connectivity index (χ4n) is 15.5. The second kappa shape index (κ2) is 35.4. The van der Waals surface area contributed by atoms with Crippen LogP contribution in [0.25, 0.3) is 72.9 Å². The Bertz CT molecular complexity index is 4740. The molecule has 1 heteroatoms. The Kier molecular flexibility index (Phi) is 23.6. The number of hydrogen-bond donors (Lipinski definition) is 0. The molecule has 109 heavy (non-hydrogen) atoms. The van der Waals surface area contributed by atoms with Crippen molar-refractivity contribution in [2.75, 3.05) is 0 Å². The van der Waals surface area contributed by atoms with Crippen molar-refractivity contribution in [3.05, 3.63) is 528 Å². The second-order valence-corrected chi connectivity index (χ2v) is 28.0. The maximum absolute atomic E-state index is 9.74. The van der Waals surface area contributed by atoms with Crippen LogP contribution in [0.15, 0.2) is 461 Å². The lowest BCUT2D eigenvalue weighted by Crippen LogP contribution is -2.66. The summed E-state index contributed by atoms with van der Waals surface area (Å²) < 4.78 is 9.74. The second-order valence-electron chi connectivity index (χ2n) is 28.0. The molecule has 0 saturated carbocycles. The zero-order chi connectivity index (χ0) is 74.0. The Hall–Kier alpha value is -13.0. The molecular weight excluding hydrogens is 1310 g/mol. The summed E-state index contributed by atoms with van der Waals surface area (Å²) in [5.74, 6) is -0.745. The molecule has 2 aliphatic carbocycles. The largest absolute Gasteiger partial charge is 0.350 e. The minimum absolute atomic E-state index is 0.372. The molecule has 0 bridgehead atoms. The Balaban J connectivity index is 1.23. The first-order valence-electron chi connectivity index (χ1n) is 37.8. The Morgan fingerprint density at radius 1 is 0.174 bits per heavy atom. The van der Waals surface area contributed by atoms with Gasteiger partial charge < -0.3 is 4.74 Å². The summed E-state index contributed by atoms with van der Waals surface area (Å²) in [6.07, 6.45) is 67.1. The first-order chi connectivity index (χ1) is 53.9. The average molecular weight is 1400 g/mol. The van der Waals surface area contributed by atoms with Crippen LogP contribution in [-0.2, 0) is 4.74 Å². The van der Waals surface area contributed by atoms with Crippen LogP contribution in [0.5, 0.6) is 0 Å². The van der Waals surface area contributed by atoms with E-state index in [0.29, 0.717) is 0 Å². The molecule has 0 saturated heterocycles. The van der Waals surface area contributed by atoms with Crippen molar-refractivity contribution in [2.45, 2.75) is 11.2 Å². The van der Waals surface area contributed by atoms with E-state index in [4.69, 9.17) is 0 Å². The minimum atomic E-state index is -1.55. The first kappa shape index (κ1) is 72.9. The molecule has 0 amide bonds. The van der Waals surface area contributed by atoms with E-state index in [-0.39, 0.29) is 11.8 Å². The molecule has 2 aliphatic rings. The molecule has 1 nitrogen and oxygen atoms in total. The molecule has 0 N–H and O–H groups in total. The molecule has 0 heterocycles. The predicted molar refractivity (Wildman–Crippen MR) is 467 cm³/mol. The molecule has 12 aromatic carbocycles. The lowest BCUT2D eigenvalue weighted by Gasteiger charge is -2.64. The van der Waals surface area contributed by atoms with Gasteiger partial charge in [-0.25, -0.2) is 0 Å². The van der Waals surface area contributed by atoms with Gasteiger partial charge >= 0.3 is 0 Å². The summed E-state index contributed by atoms with van der Waals surface area (Å²) in [6.45, 7) is 0. The number of rotatable bonds is 26. The Labute approximate surface area is 646 Å². The number of ether oxygens (including phenoxy) is 1. The van der Waals surface area contributed by atoms with E-state index >= 15 is 0 Å². The van der Waals surface area contributed by atoms with E-state index in [2.05, 4.69) is 534 Å². The standard InChI is InChI=1S/C108H90O/c1-13-37-89(38-14-1)61-63-101-75-87-107(85-73-99-57-33-11-34-58-99,105(81-69-95-49-25-7-26-50-95,82-70-96-51-27-8-28-52-96)103(101,77-65-91-41-17-3-18-42-91)78-66-92-43-19-4-20-44-92)109-108(86-74-100-59-35-12-36-60-100)88-76-102(64-62-90-39-15-2-16-40-90)104(79-67-93-45-21-5-22-46-93,80-68-94-47-23-6-24-48-94)106(108,83-71-97-53-29-9-30-54-97)84-72-98-55-31-10-32-56-98/h1-88,101-102H. The van der Waals surface area contributed by atoms with Crippen LogP contribution in [0.4, 0.5) is 0 Å². The molecule has 12 aromatic rings. The first-order valence-corrected chi connectivity index (χ1v) is 37.8. The molecule has 0 radical (unpaired) electrons. The molecule has 4 atom stereocenters. The zero-order valence-electron chi connectivity index (χ0n) is 61.4. The maximum atomic E-state index is 9.74. The molecule has 0 aromatic heterocycles. The highest BCUT2D eigenvalue weighted by Gasteiger charge is 2.68. The third kappa shape index (κ3) is 17.1. The van der Waals surface area contributed by atoms with Gasteiger partial charge in [-0.2, -0.15) is 0 Å². The van der Waals surface area contributed by atoms with Gasteiger partial charge in [0, 0.05) is 22.7 Å². The van der Waals surface area contributed by atoms with E-state index < -0.39 is 32.9 Å². The van der Waals surface area contributed by atoms with E-state index in [1.165, 1.54) is 0 Å². The Morgan fingerprint density at radius 3 is 0.514 bits per heavy atom. The normalized spacial score (nSPS) is 23.2. The van der Waals surface area contributed by atoms with Gasteiger partial charge in [0.05, 0.1) is 10.8 Å². The summed E-state index contributed by atoms with van der Waals surface area (Å²) in [6, 6.07) is 129. The average Bonchev–Trinajstić information content (AvgIpc) is 0.677. The molecule has 4 unspecified atom stereocenters. The summed E-state index contributed by atoms with van der Waals surface area (Å²) in [5, 5.41) is 0. The van der Waals surface area contributed by atoms with Crippen LogP contribution in [0.3, 0.4) is 0 Å². The van der Waals surface area contributed by atoms with Crippen molar-refractivity contribution in [3.8, 4) is 0 Å². The summed E-state index contributed by atoms with van der Waals surface area (Å²) >= 11 is 0. The van der Waals surface area contributed by atoms with Crippen LogP contribution >= 0.6 is 0 Å². The van der Waals surface area contributed by atoms with E-state index in [1.807, 2.05) is 0 Å². The summed E-state index contributed by atoms with van der Waals surface area (Å²) in [4.78, 5) is 0. The van der Waals surface area contributed by atoms with Gasteiger partial charge in [-0.1, -0.05) is 522 Å². The van der Waals surface area contributed by atoms with Crippen molar-refractivity contribution < 1.29 is 4.74 Å². The fraction of sp³-hybridized carbons (Fsp3) is 0.0741. The number of hydrogen-bond acceptors (Lipinski definition) is 1.